The SMILES string of the molecule is N#Cc1c(NC[C@H](O)CO)nc(SCc2cccc(C(N)=O)c2)c(C#N)c1-c1ccc(OC2CCOC2)cc1. The van der Waals surface area contributed by atoms with Gasteiger partial charge in [-0.2, -0.15) is 10.5 Å². The number of ether oxygens (including phenoxy) is 2. The Labute approximate surface area is 230 Å². The average molecular weight is 546 g/mol. The molecule has 1 amide bonds. The molecule has 0 aliphatic carbocycles. The third-order valence-electron chi connectivity index (χ3n) is 6.02. The van der Waals surface area contributed by atoms with Crippen molar-refractivity contribution in [3.05, 3.63) is 70.8 Å². The van der Waals surface area contributed by atoms with Crippen molar-refractivity contribution in [2.75, 3.05) is 31.7 Å². The summed E-state index contributed by atoms with van der Waals surface area (Å²) in [6, 6.07) is 18.3. The molecule has 1 fully saturated rings. The Morgan fingerprint density at radius 2 is 2.00 bits per heavy atom. The number of hydrogen-bond donors (Lipinski definition) is 4. The summed E-state index contributed by atoms with van der Waals surface area (Å²) in [4.78, 5) is 16.1. The van der Waals surface area contributed by atoms with Crippen LogP contribution in [0.5, 0.6) is 5.75 Å². The molecular formula is C28H27N5O5S. The maximum Gasteiger partial charge on any atom is 0.248 e. The largest absolute Gasteiger partial charge is 0.488 e. The van der Waals surface area contributed by atoms with E-state index in [0.717, 1.165) is 12.0 Å². The van der Waals surface area contributed by atoms with Gasteiger partial charge in [-0.25, -0.2) is 4.98 Å². The van der Waals surface area contributed by atoms with Gasteiger partial charge < -0.3 is 30.7 Å². The Balaban J connectivity index is 1.73. The average Bonchev–Trinajstić information content (AvgIpc) is 3.47. The fourth-order valence-corrected chi connectivity index (χ4v) is 4.97. The zero-order valence-electron chi connectivity index (χ0n) is 21.0. The Kier molecular flexibility index (Phi) is 9.36. The van der Waals surface area contributed by atoms with E-state index in [1.165, 1.54) is 11.8 Å². The number of aliphatic hydroxyl groups is 2. The molecule has 10 nitrogen and oxygen atoms in total. The van der Waals surface area contributed by atoms with E-state index in [1.54, 1.807) is 42.5 Å². The molecule has 0 bridgehead atoms. The van der Waals surface area contributed by atoms with Crippen molar-refractivity contribution < 1.29 is 24.5 Å². The quantitative estimate of drug-likeness (QED) is 0.262. The zero-order valence-corrected chi connectivity index (χ0v) is 21.8. The van der Waals surface area contributed by atoms with Crippen LogP contribution >= 0.6 is 11.8 Å². The number of benzene rings is 2. The maximum absolute atomic E-state index is 11.6. The van der Waals surface area contributed by atoms with E-state index in [0.29, 0.717) is 46.4 Å². The molecule has 2 heterocycles. The minimum absolute atomic E-state index is 0.0223. The number of nitrogens with one attached hydrogen (secondary N) is 1. The highest BCUT2D eigenvalue weighted by atomic mass is 32.2. The van der Waals surface area contributed by atoms with Gasteiger partial charge in [-0.05, 0) is 35.4 Å². The van der Waals surface area contributed by atoms with Crippen LogP contribution in [0.3, 0.4) is 0 Å². The van der Waals surface area contributed by atoms with Crippen molar-refractivity contribution in [1.82, 2.24) is 4.98 Å². The molecule has 200 valence electrons. The highest BCUT2D eigenvalue weighted by Crippen LogP contribution is 2.38. The smallest absolute Gasteiger partial charge is 0.248 e. The van der Waals surface area contributed by atoms with Crippen LogP contribution in [-0.2, 0) is 10.5 Å². The van der Waals surface area contributed by atoms with Gasteiger partial charge in [-0.1, -0.05) is 24.3 Å². The van der Waals surface area contributed by atoms with Crippen LogP contribution in [0, 0.1) is 22.7 Å². The number of hydrogen-bond acceptors (Lipinski definition) is 10. The van der Waals surface area contributed by atoms with E-state index in [1.807, 2.05) is 6.07 Å². The summed E-state index contributed by atoms with van der Waals surface area (Å²) < 4.78 is 11.3. The lowest BCUT2D eigenvalue weighted by Crippen LogP contribution is -2.24. The van der Waals surface area contributed by atoms with Gasteiger partial charge in [0.2, 0.25) is 5.91 Å². The predicted molar refractivity (Wildman–Crippen MR) is 145 cm³/mol. The lowest BCUT2D eigenvalue weighted by molar-refractivity contribution is 0.1000. The van der Waals surface area contributed by atoms with Crippen molar-refractivity contribution in [3.63, 3.8) is 0 Å². The Hall–Kier alpha value is -4.13. The van der Waals surface area contributed by atoms with Gasteiger partial charge in [-0.3, -0.25) is 4.79 Å². The zero-order chi connectivity index (χ0) is 27.8. The molecule has 1 aliphatic rings. The molecular weight excluding hydrogens is 518 g/mol. The molecule has 11 heteroatoms. The highest BCUT2D eigenvalue weighted by molar-refractivity contribution is 7.98. The lowest BCUT2D eigenvalue weighted by Gasteiger charge is -2.18. The first-order valence-electron chi connectivity index (χ1n) is 12.2. The van der Waals surface area contributed by atoms with E-state index in [2.05, 4.69) is 22.4 Å². The van der Waals surface area contributed by atoms with Crippen molar-refractivity contribution in [1.29, 1.82) is 10.5 Å². The first kappa shape index (κ1) is 27.9. The van der Waals surface area contributed by atoms with Crippen LogP contribution in [0.25, 0.3) is 11.1 Å². The first-order chi connectivity index (χ1) is 18.9. The summed E-state index contributed by atoms with van der Waals surface area (Å²) in [7, 11) is 0. The van der Waals surface area contributed by atoms with Crippen molar-refractivity contribution in [2.24, 2.45) is 5.73 Å². The summed E-state index contributed by atoms with van der Waals surface area (Å²) in [5, 5.41) is 42.7. The number of amides is 1. The molecule has 1 saturated heterocycles. The highest BCUT2D eigenvalue weighted by Gasteiger charge is 2.23. The van der Waals surface area contributed by atoms with E-state index < -0.39 is 18.6 Å². The molecule has 0 spiro atoms. The molecule has 2 aromatic carbocycles. The topological polar surface area (TPSA) is 175 Å². The number of nitrogens with two attached hydrogens (primary N) is 1. The van der Waals surface area contributed by atoms with E-state index in [9.17, 15) is 25.5 Å². The van der Waals surface area contributed by atoms with Gasteiger partial charge in [0, 0.05) is 29.8 Å². The number of thioether (sulfide) groups is 1. The Morgan fingerprint density at radius 3 is 2.64 bits per heavy atom. The van der Waals surface area contributed by atoms with Gasteiger partial charge in [0.15, 0.2) is 0 Å². The number of carbonyl (C=O) groups is 1. The van der Waals surface area contributed by atoms with Gasteiger partial charge in [-0.15, -0.1) is 11.8 Å². The molecule has 0 saturated carbocycles. The van der Waals surface area contributed by atoms with Gasteiger partial charge in [0.25, 0.3) is 0 Å². The molecule has 5 N–H and O–H groups in total. The second kappa shape index (κ2) is 13.1. The minimum Gasteiger partial charge on any atom is -0.488 e. The number of rotatable bonds is 11. The summed E-state index contributed by atoms with van der Waals surface area (Å²) in [5.41, 5.74) is 7.93. The molecule has 3 aromatic rings. The monoisotopic (exact) mass is 545 g/mol. The lowest BCUT2D eigenvalue weighted by atomic mass is 9.96. The number of aromatic nitrogens is 1. The number of carbonyl (C=O) groups excluding carboxylic acids is 1. The van der Waals surface area contributed by atoms with E-state index >= 15 is 0 Å². The normalized spacial score (nSPS) is 15.2. The predicted octanol–water partition coefficient (Wildman–Crippen LogP) is 2.82. The molecule has 0 radical (unpaired) electrons. The number of pyridine rings is 1. The molecule has 39 heavy (non-hydrogen) atoms. The summed E-state index contributed by atoms with van der Waals surface area (Å²) in [6.45, 7) is 0.666. The second-order valence-corrected chi connectivity index (χ2v) is 9.78. The second-order valence-electron chi connectivity index (χ2n) is 8.81. The number of primary amides is 1. The molecule has 1 aromatic heterocycles. The fraction of sp³-hybridized carbons (Fsp3) is 0.286. The summed E-state index contributed by atoms with van der Waals surface area (Å²) >= 11 is 1.27. The molecule has 2 atom stereocenters. The number of anilines is 1. The third kappa shape index (κ3) is 6.85. The summed E-state index contributed by atoms with van der Waals surface area (Å²) in [6.07, 6.45) is -0.284. The van der Waals surface area contributed by atoms with Gasteiger partial charge in [0.1, 0.15) is 40.4 Å². The number of aliphatic hydroxyl groups excluding tert-OH is 2. The van der Waals surface area contributed by atoms with Crippen LogP contribution in [0.1, 0.15) is 33.5 Å². The van der Waals surface area contributed by atoms with Crippen molar-refractivity contribution in [2.45, 2.75) is 29.4 Å². The Bertz CT molecular complexity index is 1410. The van der Waals surface area contributed by atoms with Crippen LogP contribution in [0.2, 0.25) is 0 Å². The standard InChI is InChI=1S/C28H27N5O5S/c29-11-23-25(18-4-6-21(7-5-18)38-22-8-9-37-15-22)24(12-30)28(33-27(23)32-13-20(35)14-34)39-16-17-2-1-3-19(10-17)26(31)36/h1-7,10,20,22,34-35H,8-9,13-16H2,(H2,31,36)(H,32,33)/t20-,22?/m0/s1. The Morgan fingerprint density at radius 1 is 1.23 bits per heavy atom. The first-order valence-corrected chi connectivity index (χ1v) is 13.2. The minimum atomic E-state index is -1.07. The molecule has 1 unspecified atom stereocenters. The van der Waals surface area contributed by atoms with Crippen LogP contribution in [0.4, 0.5) is 5.82 Å². The third-order valence-corrected chi connectivity index (χ3v) is 7.07. The van der Waals surface area contributed by atoms with Gasteiger partial charge in [0.05, 0.1) is 31.5 Å². The van der Waals surface area contributed by atoms with Gasteiger partial charge >= 0.3 is 0 Å². The maximum atomic E-state index is 11.6. The van der Waals surface area contributed by atoms with Crippen LogP contribution in [-0.4, -0.2) is 59.7 Å². The fourth-order valence-electron chi connectivity index (χ4n) is 4.04. The molecule has 1 aliphatic heterocycles. The number of nitriles is 2. The van der Waals surface area contributed by atoms with Crippen molar-refractivity contribution in [3.8, 4) is 29.0 Å². The van der Waals surface area contributed by atoms with Crippen LogP contribution < -0.4 is 15.8 Å². The summed E-state index contributed by atoms with van der Waals surface area (Å²) in [5.74, 6) is 0.660. The van der Waals surface area contributed by atoms with Crippen molar-refractivity contribution >= 4 is 23.5 Å². The number of nitrogens with zero attached hydrogens (tertiary/aromatic N) is 3. The van der Waals surface area contributed by atoms with E-state index in [-0.39, 0.29) is 29.6 Å². The van der Waals surface area contributed by atoms with E-state index in [4.69, 9.17) is 15.2 Å². The molecule has 4 rings (SSSR count). The van der Waals surface area contributed by atoms with Crippen LogP contribution in [0.15, 0.2) is 53.6 Å².